The molecule has 0 saturated carbocycles. The van der Waals surface area contributed by atoms with Crippen molar-refractivity contribution in [3.63, 3.8) is 0 Å². The Morgan fingerprint density at radius 3 is 2.59 bits per heavy atom. The maximum Gasteiger partial charge on any atom is 0.187 e. The fourth-order valence-corrected chi connectivity index (χ4v) is 1.36. The van der Waals surface area contributed by atoms with Crippen LogP contribution < -0.4 is 9.47 Å². The third kappa shape index (κ3) is 2.60. The monoisotopic (exact) mass is 229 g/mol. The summed E-state index contributed by atoms with van der Waals surface area (Å²) in [4.78, 5) is 14.5. The molecule has 17 heavy (non-hydrogen) atoms. The molecular formula is C13H11NO3. The molecule has 0 spiro atoms. The summed E-state index contributed by atoms with van der Waals surface area (Å²) in [6.45, 7) is 0. The first-order chi connectivity index (χ1) is 8.33. The number of benzene rings is 1. The van der Waals surface area contributed by atoms with Crippen molar-refractivity contribution in [2.45, 2.75) is 0 Å². The van der Waals surface area contributed by atoms with E-state index in [0.29, 0.717) is 29.2 Å². The second-order valence-corrected chi connectivity index (χ2v) is 3.29. The number of rotatable bonds is 4. The number of ether oxygens (including phenoxy) is 2. The molecule has 0 radical (unpaired) electrons. The van der Waals surface area contributed by atoms with Gasteiger partial charge in [-0.25, -0.2) is 4.98 Å². The molecule has 1 aromatic heterocycles. The van der Waals surface area contributed by atoms with Gasteiger partial charge in [0.1, 0.15) is 11.4 Å². The van der Waals surface area contributed by atoms with Crippen LogP contribution in [0.4, 0.5) is 0 Å². The van der Waals surface area contributed by atoms with Gasteiger partial charge in [0.05, 0.1) is 13.3 Å². The average molecular weight is 229 g/mol. The van der Waals surface area contributed by atoms with Gasteiger partial charge >= 0.3 is 0 Å². The van der Waals surface area contributed by atoms with Crippen LogP contribution in [-0.4, -0.2) is 18.4 Å². The molecule has 0 aliphatic carbocycles. The first-order valence-electron chi connectivity index (χ1n) is 5.05. The number of carbonyl (C=O) groups is 1. The summed E-state index contributed by atoms with van der Waals surface area (Å²) in [5.74, 6) is 1.64. The van der Waals surface area contributed by atoms with Gasteiger partial charge in [-0.15, -0.1) is 0 Å². The number of hydrogen-bond acceptors (Lipinski definition) is 4. The minimum Gasteiger partial charge on any atom is -0.493 e. The number of hydrogen-bond donors (Lipinski definition) is 0. The molecular weight excluding hydrogens is 218 g/mol. The van der Waals surface area contributed by atoms with Crippen molar-refractivity contribution in [1.82, 2.24) is 4.98 Å². The second-order valence-electron chi connectivity index (χ2n) is 3.29. The van der Waals surface area contributed by atoms with Gasteiger partial charge in [-0.05, 0) is 12.1 Å². The summed E-state index contributed by atoms with van der Waals surface area (Å²) in [6.07, 6.45) is 2.13. The van der Waals surface area contributed by atoms with Gasteiger partial charge in [0.2, 0.25) is 0 Å². The van der Waals surface area contributed by atoms with E-state index in [0.717, 1.165) is 0 Å². The van der Waals surface area contributed by atoms with Crippen LogP contribution in [0.3, 0.4) is 0 Å². The van der Waals surface area contributed by atoms with Gasteiger partial charge in [0.15, 0.2) is 17.8 Å². The molecule has 0 aliphatic heterocycles. The molecule has 1 aromatic carbocycles. The molecule has 86 valence electrons. The molecule has 4 heteroatoms. The fraction of sp³-hybridized carbons (Fsp3) is 0.0769. The van der Waals surface area contributed by atoms with Crippen LogP contribution in [0.15, 0.2) is 42.6 Å². The maximum atomic E-state index is 10.6. The first kappa shape index (κ1) is 11.1. The largest absolute Gasteiger partial charge is 0.493 e. The predicted octanol–water partition coefficient (Wildman–Crippen LogP) is 2.70. The standard InChI is InChI=1S/C13H11NO3/c1-16-12-7-10(9-15)14-8-13(12)17-11-5-3-2-4-6-11/h2-9H,1H3. The molecule has 2 aromatic rings. The molecule has 0 amide bonds. The Morgan fingerprint density at radius 1 is 1.18 bits per heavy atom. The first-order valence-corrected chi connectivity index (χ1v) is 5.05. The highest BCUT2D eigenvalue weighted by molar-refractivity contribution is 5.73. The van der Waals surface area contributed by atoms with Crippen LogP contribution in [0, 0.1) is 0 Å². The number of methoxy groups -OCH3 is 1. The van der Waals surface area contributed by atoms with Gasteiger partial charge in [-0.1, -0.05) is 18.2 Å². The highest BCUT2D eigenvalue weighted by atomic mass is 16.5. The Bertz CT molecular complexity index is 511. The lowest BCUT2D eigenvalue weighted by atomic mass is 10.3. The summed E-state index contributed by atoms with van der Waals surface area (Å²) >= 11 is 0. The lowest BCUT2D eigenvalue weighted by Crippen LogP contribution is -1.94. The molecule has 0 aliphatic rings. The minimum absolute atomic E-state index is 0.308. The van der Waals surface area contributed by atoms with Crippen molar-refractivity contribution >= 4 is 6.29 Å². The number of pyridine rings is 1. The van der Waals surface area contributed by atoms with E-state index in [1.807, 2.05) is 30.3 Å². The molecule has 0 atom stereocenters. The van der Waals surface area contributed by atoms with E-state index in [2.05, 4.69) is 4.98 Å². The lowest BCUT2D eigenvalue weighted by molar-refractivity contribution is 0.111. The third-order valence-corrected chi connectivity index (χ3v) is 2.16. The molecule has 0 N–H and O–H groups in total. The van der Waals surface area contributed by atoms with Crippen molar-refractivity contribution in [3.8, 4) is 17.2 Å². The zero-order chi connectivity index (χ0) is 12.1. The van der Waals surface area contributed by atoms with E-state index in [1.54, 1.807) is 0 Å². The molecule has 2 rings (SSSR count). The summed E-state index contributed by atoms with van der Waals surface area (Å²) in [7, 11) is 1.52. The van der Waals surface area contributed by atoms with Gasteiger partial charge in [0.25, 0.3) is 0 Å². The van der Waals surface area contributed by atoms with Crippen molar-refractivity contribution in [2.24, 2.45) is 0 Å². The number of para-hydroxylation sites is 1. The second kappa shape index (κ2) is 5.12. The summed E-state index contributed by atoms with van der Waals surface area (Å²) in [6, 6.07) is 10.8. The normalized spacial score (nSPS) is 9.71. The van der Waals surface area contributed by atoms with E-state index < -0.39 is 0 Å². The van der Waals surface area contributed by atoms with Gasteiger partial charge < -0.3 is 9.47 Å². The molecule has 0 fully saturated rings. The molecule has 4 nitrogen and oxygen atoms in total. The van der Waals surface area contributed by atoms with E-state index in [9.17, 15) is 4.79 Å². The molecule has 1 heterocycles. The Hall–Kier alpha value is -2.36. The third-order valence-electron chi connectivity index (χ3n) is 2.16. The van der Waals surface area contributed by atoms with Crippen molar-refractivity contribution in [2.75, 3.05) is 7.11 Å². The SMILES string of the molecule is COc1cc(C=O)ncc1Oc1ccccc1. The van der Waals surface area contributed by atoms with Crippen molar-refractivity contribution in [3.05, 3.63) is 48.3 Å². The highest BCUT2D eigenvalue weighted by Crippen LogP contribution is 2.30. The quantitative estimate of drug-likeness (QED) is 0.756. The topological polar surface area (TPSA) is 48.4 Å². The predicted molar refractivity (Wildman–Crippen MR) is 62.7 cm³/mol. The Balaban J connectivity index is 2.29. The molecule has 0 saturated heterocycles. The van der Waals surface area contributed by atoms with E-state index in [1.165, 1.54) is 19.4 Å². The highest BCUT2D eigenvalue weighted by Gasteiger charge is 2.07. The number of aromatic nitrogens is 1. The Labute approximate surface area is 98.8 Å². The summed E-state index contributed by atoms with van der Waals surface area (Å²) < 4.78 is 10.7. The van der Waals surface area contributed by atoms with Crippen LogP contribution in [0.2, 0.25) is 0 Å². The van der Waals surface area contributed by atoms with Gasteiger partial charge in [0, 0.05) is 6.07 Å². The zero-order valence-corrected chi connectivity index (χ0v) is 9.29. The van der Waals surface area contributed by atoms with Crippen LogP contribution >= 0.6 is 0 Å². The van der Waals surface area contributed by atoms with E-state index in [4.69, 9.17) is 9.47 Å². The molecule has 0 unspecified atom stereocenters. The van der Waals surface area contributed by atoms with Crippen LogP contribution in [0.1, 0.15) is 10.5 Å². The van der Waals surface area contributed by atoms with Crippen molar-refractivity contribution < 1.29 is 14.3 Å². The Morgan fingerprint density at radius 2 is 1.94 bits per heavy atom. The van der Waals surface area contributed by atoms with Gasteiger partial charge in [-0.3, -0.25) is 4.79 Å². The van der Waals surface area contributed by atoms with E-state index in [-0.39, 0.29) is 0 Å². The number of aldehydes is 1. The summed E-state index contributed by atoms with van der Waals surface area (Å²) in [5.41, 5.74) is 0.308. The van der Waals surface area contributed by atoms with Crippen LogP contribution in [0.25, 0.3) is 0 Å². The fourth-order valence-electron chi connectivity index (χ4n) is 1.36. The van der Waals surface area contributed by atoms with Gasteiger partial charge in [-0.2, -0.15) is 0 Å². The smallest absolute Gasteiger partial charge is 0.187 e. The number of nitrogens with zero attached hydrogens (tertiary/aromatic N) is 1. The average Bonchev–Trinajstić information content (AvgIpc) is 2.40. The maximum absolute atomic E-state index is 10.6. The van der Waals surface area contributed by atoms with Crippen molar-refractivity contribution in [1.29, 1.82) is 0 Å². The van der Waals surface area contributed by atoms with E-state index >= 15 is 0 Å². The minimum atomic E-state index is 0.308. The lowest BCUT2D eigenvalue weighted by Gasteiger charge is -2.09. The van der Waals surface area contributed by atoms with Crippen LogP contribution in [0.5, 0.6) is 17.2 Å². The van der Waals surface area contributed by atoms with Crippen LogP contribution in [-0.2, 0) is 0 Å². The zero-order valence-electron chi connectivity index (χ0n) is 9.29. The summed E-state index contributed by atoms with van der Waals surface area (Å²) in [5, 5.41) is 0. The molecule has 0 bridgehead atoms. The Kier molecular flexibility index (Phi) is 3.35. The number of carbonyl (C=O) groups excluding carboxylic acids is 1.